The Morgan fingerprint density at radius 2 is 2.36 bits per heavy atom. The van der Waals surface area contributed by atoms with E-state index in [-0.39, 0.29) is 0 Å². The molecule has 0 radical (unpaired) electrons. The van der Waals surface area contributed by atoms with Crippen LogP contribution < -0.4 is 5.32 Å². The fourth-order valence-electron chi connectivity index (χ4n) is 1.35. The van der Waals surface area contributed by atoms with Gasteiger partial charge in [-0.3, -0.25) is 0 Å². The Morgan fingerprint density at radius 3 is 2.82 bits per heavy atom. The summed E-state index contributed by atoms with van der Waals surface area (Å²) in [6, 6.07) is 0.765. The monoisotopic (exact) mass is 173 g/mol. The van der Waals surface area contributed by atoms with Crippen LogP contribution in [0.3, 0.4) is 0 Å². The second kappa shape index (κ2) is 4.36. The molecule has 0 aromatic heterocycles. The molecule has 1 nitrogen and oxygen atoms in total. The molecular formula is C9H19NS. The molecule has 3 unspecified atom stereocenters. The molecular weight excluding hydrogens is 154 g/mol. The van der Waals surface area contributed by atoms with Crippen molar-refractivity contribution < 1.29 is 0 Å². The van der Waals surface area contributed by atoms with E-state index in [0.29, 0.717) is 0 Å². The van der Waals surface area contributed by atoms with Crippen molar-refractivity contribution in [3.63, 3.8) is 0 Å². The number of nitrogens with one attached hydrogen (secondary N) is 1. The number of rotatable bonds is 2. The van der Waals surface area contributed by atoms with Gasteiger partial charge in [0, 0.05) is 23.6 Å². The summed E-state index contributed by atoms with van der Waals surface area (Å²) in [5.74, 6) is 2.14. The Morgan fingerprint density at radius 1 is 1.64 bits per heavy atom. The molecule has 0 aliphatic carbocycles. The third kappa shape index (κ3) is 2.68. The Labute approximate surface area is 74.3 Å². The lowest BCUT2D eigenvalue weighted by molar-refractivity contribution is 0.390. The third-order valence-corrected chi connectivity index (χ3v) is 3.85. The molecule has 11 heavy (non-hydrogen) atoms. The van der Waals surface area contributed by atoms with E-state index >= 15 is 0 Å². The first kappa shape index (κ1) is 9.40. The van der Waals surface area contributed by atoms with E-state index in [2.05, 4.69) is 37.8 Å². The summed E-state index contributed by atoms with van der Waals surface area (Å²) in [5, 5.41) is 4.41. The smallest absolute Gasteiger partial charge is 0.0184 e. The van der Waals surface area contributed by atoms with E-state index in [1.54, 1.807) is 0 Å². The van der Waals surface area contributed by atoms with Crippen LogP contribution in [-0.4, -0.2) is 23.6 Å². The minimum absolute atomic E-state index is 0.765. The third-order valence-electron chi connectivity index (χ3n) is 2.56. The standard InChI is InChI=1S/C9H19NS/c1-4-7(2)9-6-11-8(3)5-10-9/h7-10H,4-6H2,1-3H3. The Hall–Kier alpha value is 0.310. The summed E-state index contributed by atoms with van der Waals surface area (Å²) < 4.78 is 0. The molecule has 1 rings (SSSR count). The molecule has 1 saturated heterocycles. The molecule has 0 bridgehead atoms. The number of thioether (sulfide) groups is 1. The molecule has 2 heteroatoms. The molecule has 1 heterocycles. The van der Waals surface area contributed by atoms with Gasteiger partial charge in [0.2, 0.25) is 0 Å². The molecule has 0 amide bonds. The zero-order valence-electron chi connectivity index (χ0n) is 7.76. The fraction of sp³-hybridized carbons (Fsp3) is 1.00. The Kier molecular flexibility index (Phi) is 3.73. The van der Waals surface area contributed by atoms with Crippen LogP contribution in [0.2, 0.25) is 0 Å². The van der Waals surface area contributed by atoms with Crippen molar-refractivity contribution in [3.8, 4) is 0 Å². The zero-order valence-corrected chi connectivity index (χ0v) is 8.58. The summed E-state index contributed by atoms with van der Waals surface area (Å²) in [4.78, 5) is 0. The van der Waals surface area contributed by atoms with Gasteiger partial charge >= 0.3 is 0 Å². The van der Waals surface area contributed by atoms with E-state index in [0.717, 1.165) is 17.2 Å². The quantitative estimate of drug-likeness (QED) is 0.686. The van der Waals surface area contributed by atoms with Crippen molar-refractivity contribution in [2.45, 2.75) is 38.5 Å². The SMILES string of the molecule is CCC(C)C1CSC(C)CN1. The van der Waals surface area contributed by atoms with Gasteiger partial charge in [0.25, 0.3) is 0 Å². The van der Waals surface area contributed by atoms with Crippen LogP contribution in [0.1, 0.15) is 27.2 Å². The number of hydrogen-bond donors (Lipinski definition) is 1. The molecule has 1 aliphatic rings. The van der Waals surface area contributed by atoms with Gasteiger partial charge in [-0.05, 0) is 5.92 Å². The summed E-state index contributed by atoms with van der Waals surface area (Å²) >= 11 is 2.11. The highest BCUT2D eigenvalue weighted by molar-refractivity contribution is 8.00. The fourth-order valence-corrected chi connectivity index (χ4v) is 2.55. The second-order valence-electron chi connectivity index (χ2n) is 3.54. The zero-order chi connectivity index (χ0) is 8.27. The van der Waals surface area contributed by atoms with E-state index in [9.17, 15) is 0 Å². The topological polar surface area (TPSA) is 12.0 Å². The largest absolute Gasteiger partial charge is 0.312 e. The summed E-state index contributed by atoms with van der Waals surface area (Å²) in [5.41, 5.74) is 0. The first-order valence-electron chi connectivity index (χ1n) is 4.59. The van der Waals surface area contributed by atoms with Crippen molar-refractivity contribution in [1.29, 1.82) is 0 Å². The molecule has 1 fully saturated rings. The predicted molar refractivity (Wildman–Crippen MR) is 53.2 cm³/mol. The Balaban J connectivity index is 2.27. The Bertz CT molecular complexity index is 108. The molecule has 0 aromatic carbocycles. The van der Waals surface area contributed by atoms with Gasteiger partial charge in [-0.25, -0.2) is 0 Å². The highest BCUT2D eigenvalue weighted by atomic mass is 32.2. The van der Waals surface area contributed by atoms with Gasteiger partial charge in [-0.15, -0.1) is 0 Å². The van der Waals surface area contributed by atoms with Crippen LogP contribution in [-0.2, 0) is 0 Å². The maximum absolute atomic E-state index is 3.60. The van der Waals surface area contributed by atoms with Crippen molar-refractivity contribution in [3.05, 3.63) is 0 Å². The first-order chi connectivity index (χ1) is 5.24. The first-order valence-corrected chi connectivity index (χ1v) is 5.64. The molecule has 1 aliphatic heterocycles. The van der Waals surface area contributed by atoms with Crippen LogP contribution in [0.25, 0.3) is 0 Å². The average Bonchev–Trinajstić information content (AvgIpc) is 2.05. The second-order valence-corrected chi connectivity index (χ2v) is 5.02. The molecule has 0 aromatic rings. The van der Waals surface area contributed by atoms with Gasteiger partial charge in [0.1, 0.15) is 0 Å². The average molecular weight is 173 g/mol. The summed E-state index contributed by atoms with van der Waals surface area (Å²) in [6.45, 7) is 8.10. The summed E-state index contributed by atoms with van der Waals surface area (Å²) in [6.07, 6.45) is 1.30. The maximum Gasteiger partial charge on any atom is 0.0184 e. The minimum atomic E-state index is 0.765. The van der Waals surface area contributed by atoms with Crippen molar-refractivity contribution >= 4 is 11.8 Å². The normalized spacial score (nSPS) is 35.2. The van der Waals surface area contributed by atoms with E-state index in [1.807, 2.05) is 0 Å². The van der Waals surface area contributed by atoms with Crippen LogP contribution in [0.15, 0.2) is 0 Å². The highest BCUT2D eigenvalue weighted by Gasteiger charge is 2.21. The molecule has 66 valence electrons. The van der Waals surface area contributed by atoms with Crippen molar-refractivity contribution in [2.24, 2.45) is 5.92 Å². The van der Waals surface area contributed by atoms with Gasteiger partial charge in [-0.2, -0.15) is 11.8 Å². The van der Waals surface area contributed by atoms with E-state index in [4.69, 9.17) is 0 Å². The van der Waals surface area contributed by atoms with Crippen molar-refractivity contribution in [2.75, 3.05) is 12.3 Å². The predicted octanol–water partition coefficient (Wildman–Crippen LogP) is 2.13. The van der Waals surface area contributed by atoms with Crippen molar-refractivity contribution in [1.82, 2.24) is 5.32 Å². The lowest BCUT2D eigenvalue weighted by Gasteiger charge is -2.31. The van der Waals surface area contributed by atoms with E-state index < -0.39 is 0 Å². The lowest BCUT2D eigenvalue weighted by Crippen LogP contribution is -2.44. The molecule has 0 saturated carbocycles. The molecule has 0 spiro atoms. The lowest BCUT2D eigenvalue weighted by atomic mass is 10.0. The number of hydrogen-bond acceptors (Lipinski definition) is 2. The van der Waals surface area contributed by atoms with Gasteiger partial charge in [0.15, 0.2) is 0 Å². The van der Waals surface area contributed by atoms with Crippen LogP contribution in [0.5, 0.6) is 0 Å². The molecule has 3 atom stereocenters. The van der Waals surface area contributed by atoms with Crippen LogP contribution in [0, 0.1) is 5.92 Å². The molecule has 1 N–H and O–H groups in total. The van der Waals surface area contributed by atoms with Crippen LogP contribution in [0.4, 0.5) is 0 Å². The van der Waals surface area contributed by atoms with E-state index in [1.165, 1.54) is 18.7 Å². The minimum Gasteiger partial charge on any atom is -0.312 e. The van der Waals surface area contributed by atoms with Gasteiger partial charge in [0.05, 0.1) is 0 Å². The van der Waals surface area contributed by atoms with Gasteiger partial charge < -0.3 is 5.32 Å². The highest BCUT2D eigenvalue weighted by Crippen LogP contribution is 2.21. The van der Waals surface area contributed by atoms with Gasteiger partial charge in [-0.1, -0.05) is 27.2 Å². The summed E-state index contributed by atoms with van der Waals surface area (Å²) in [7, 11) is 0. The maximum atomic E-state index is 3.60. The van der Waals surface area contributed by atoms with Crippen LogP contribution >= 0.6 is 11.8 Å².